The van der Waals surface area contributed by atoms with Crippen molar-refractivity contribution in [1.82, 2.24) is 15.0 Å². The number of aliphatic hydroxyl groups is 4. The van der Waals surface area contributed by atoms with Crippen LogP contribution in [0.15, 0.2) is 94.6 Å². The van der Waals surface area contributed by atoms with E-state index >= 15 is 0 Å². The molecule has 1 fully saturated rings. The van der Waals surface area contributed by atoms with Gasteiger partial charge in [0.2, 0.25) is 24.7 Å². The molecule has 4 heterocycles. The first kappa shape index (κ1) is 39.0. The van der Waals surface area contributed by atoms with Crippen LogP contribution in [-0.2, 0) is 19.1 Å². The second kappa shape index (κ2) is 15.4. The van der Waals surface area contributed by atoms with Crippen LogP contribution in [0.3, 0.4) is 0 Å². The molecule has 3 aromatic heterocycles. The third-order valence-corrected chi connectivity index (χ3v) is 9.79. The van der Waals surface area contributed by atoms with E-state index in [4.69, 9.17) is 23.5 Å². The molecule has 7 rings (SSSR count). The van der Waals surface area contributed by atoms with Gasteiger partial charge in [-0.05, 0) is 68.9 Å². The number of aromatic amines is 1. The van der Waals surface area contributed by atoms with E-state index in [2.05, 4.69) is 10.3 Å². The molecular formula is C40H39N3O14. The minimum atomic E-state index is -2.73. The molecule has 6 aromatic rings. The number of aliphatic carboxylic acids is 1. The lowest BCUT2D eigenvalue weighted by Crippen LogP contribution is -2.73. The Hall–Kier alpha value is -6.21. The molecule has 17 heteroatoms. The number of likely N-dealkylation sites (N-methyl/N-ethyl adjacent to an activating group) is 1. The second-order valence-corrected chi connectivity index (χ2v) is 13.8. The molecule has 1 aliphatic rings. The van der Waals surface area contributed by atoms with Crippen molar-refractivity contribution in [3.63, 3.8) is 0 Å². The summed E-state index contributed by atoms with van der Waals surface area (Å²) in [7, 11) is 1.17. The zero-order valence-corrected chi connectivity index (χ0v) is 30.7. The first-order valence-corrected chi connectivity index (χ1v) is 17.6. The smallest absolute Gasteiger partial charge is 0.337 e. The topological polar surface area (TPSA) is 255 Å². The maximum Gasteiger partial charge on any atom is 0.337 e. The number of aryl methyl sites for hydroxylation is 2. The van der Waals surface area contributed by atoms with Gasteiger partial charge in [0.15, 0.2) is 17.1 Å². The molecule has 0 aliphatic carbocycles. The molecule has 3 aromatic carbocycles. The monoisotopic (exact) mass is 785 g/mol. The van der Waals surface area contributed by atoms with Crippen LogP contribution in [0.4, 0.5) is 0 Å². The summed E-state index contributed by atoms with van der Waals surface area (Å²) in [6.45, 7) is 2.63. The molecule has 0 amide bonds. The number of fused-ring (bicyclic) bond motifs is 2. The van der Waals surface area contributed by atoms with Gasteiger partial charge in [-0.25, -0.2) is 9.59 Å². The normalized spacial score (nSPS) is 21.9. The van der Waals surface area contributed by atoms with Crippen molar-refractivity contribution in [2.45, 2.75) is 56.4 Å². The SMILES string of the molecule is CNC(C(=O)O)C(=O)OC(O)C1OC(Oc2ccc3c(=O)c(-c4ccc(O)cc4)coc3c2)C(On2cc3cc[nH]c3c2-c2cc(C)cc(C)c2)C(O)(CO)C1O. The van der Waals surface area contributed by atoms with Gasteiger partial charge in [0.05, 0.1) is 29.3 Å². The van der Waals surface area contributed by atoms with Gasteiger partial charge in [0, 0.05) is 23.2 Å². The highest BCUT2D eigenvalue weighted by molar-refractivity contribution is 5.98. The van der Waals surface area contributed by atoms with E-state index in [-0.39, 0.29) is 28.0 Å². The summed E-state index contributed by atoms with van der Waals surface area (Å²) in [6, 6.07) is 15.8. The summed E-state index contributed by atoms with van der Waals surface area (Å²) in [5.74, 6) is -3.08. The minimum Gasteiger partial charge on any atom is -0.508 e. The zero-order valence-electron chi connectivity index (χ0n) is 30.7. The first-order chi connectivity index (χ1) is 27.2. The molecule has 1 saturated heterocycles. The highest BCUT2D eigenvalue weighted by atomic mass is 16.8. The Morgan fingerprint density at radius 2 is 1.75 bits per heavy atom. The van der Waals surface area contributed by atoms with Gasteiger partial charge in [-0.2, -0.15) is 4.73 Å². The second-order valence-electron chi connectivity index (χ2n) is 13.8. The van der Waals surface area contributed by atoms with Gasteiger partial charge < -0.3 is 59.1 Å². The van der Waals surface area contributed by atoms with E-state index in [1.54, 1.807) is 30.6 Å². The molecule has 0 bridgehead atoms. The molecule has 0 spiro atoms. The van der Waals surface area contributed by atoms with Crippen LogP contribution >= 0.6 is 0 Å². The number of phenols is 1. The van der Waals surface area contributed by atoms with E-state index in [0.717, 1.165) is 11.1 Å². The number of H-pyrrole nitrogens is 1. The van der Waals surface area contributed by atoms with Gasteiger partial charge in [0.1, 0.15) is 35.1 Å². The predicted molar refractivity (Wildman–Crippen MR) is 201 cm³/mol. The number of hydrogen-bond donors (Lipinski definition) is 8. The van der Waals surface area contributed by atoms with Gasteiger partial charge in [0.25, 0.3) is 0 Å². The molecule has 7 unspecified atom stereocenters. The number of carbonyl (C=O) groups excluding carboxylic acids is 1. The van der Waals surface area contributed by atoms with Gasteiger partial charge in [-0.3, -0.25) is 10.1 Å². The number of carbonyl (C=O) groups is 2. The van der Waals surface area contributed by atoms with Crippen LogP contribution in [0, 0.1) is 13.8 Å². The number of benzene rings is 3. The number of nitrogens with zero attached hydrogens (tertiary/aromatic N) is 1. The van der Waals surface area contributed by atoms with Crippen molar-refractivity contribution in [3.8, 4) is 33.9 Å². The molecule has 57 heavy (non-hydrogen) atoms. The van der Waals surface area contributed by atoms with Gasteiger partial charge >= 0.3 is 11.9 Å². The summed E-state index contributed by atoms with van der Waals surface area (Å²) >= 11 is 0. The molecule has 8 N–H and O–H groups in total. The number of aliphatic hydroxyl groups excluding tert-OH is 3. The fourth-order valence-electron chi connectivity index (χ4n) is 6.96. The number of carboxylic acid groups (broad SMARTS) is 1. The van der Waals surface area contributed by atoms with E-state index in [1.807, 2.05) is 32.0 Å². The summed E-state index contributed by atoms with van der Waals surface area (Å²) in [5, 5.41) is 67.6. The van der Waals surface area contributed by atoms with Crippen LogP contribution in [0.1, 0.15) is 11.1 Å². The zero-order chi connectivity index (χ0) is 40.8. The fraction of sp³-hybridized carbons (Fsp3) is 0.275. The summed E-state index contributed by atoms with van der Waals surface area (Å²) in [4.78, 5) is 47.3. The van der Waals surface area contributed by atoms with Crippen molar-refractivity contribution in [2.24, 2.45) is 0 Å². The van der Waals surface area contributed by atoms with Crippen LogP contribution < -0.4 is 20.3 Å². The van der Waals surface area contributed by atoms with E-state index in [1.165, 1.54) is 48.4 Å². The number of carboxylic acids is 1. The average Bonchev–Trinajstić information content (AvgIpc) is 3.76. The summed E-state index contributed by atoms with van der Waals surface area (Å²) in [6.07, 6.45) is -5.79. The van der Waals surface area contributed by atoms with Crippen molar-refractivity contribution >= 4 is 33.8 Å². The van der Waals surface area contributed by atoms with Crippen LogP contribution in [0.2, 0.25) is 0 Å². The maximum atomic E-state index is 13.5. The number of ether oxygens (including phenoxy) is 3. The van der Waals surface area contributed by atoms with Crippen LogP contribution in [0.25, 0.3) is 44.3 Å². The minimum absolute atomic E-state index is 0.0183. The Morgan fingerprint density at radius 3 is 2.42 bits per heavy atom. The number of aromatic nitrogens is 2. The number of nitrogens with one attached hydrogen (secondary N) is 2. The van der Waals surface area contributed by atoms with Crippen molar-refractivity contribution in [3.05, 3.63) is 107 Å². The Bertz CT molecular complexity index is 2490. The Labute approximate surface area is 322 Å². The van der Waals surface area contributed by atoms with Crippen LogP contribution in [-0.4, -0.2) is 108 Å². The van der Waals surface area contributed by atoms with Gasteiger partial charge in [-0.15, -0.1) is 0 Å². The van der Waals surface area contributed by atoms with Crippen molar-refractivity contribution < 1.29 is 63.7 Å². The number of aromatic hydroxyl groups is 1. The molecular weight excluding hydrogens is 746 g/mol. The Balaban J connectivity index is 1.29. The van der Waals surface area contributed by atoms with E-state index in [0.29, 0.717) is 27.7 Å². The average molecular weight is 786 g/mol. The van der Waals surface area contributed by atoms with Crippen LogP contribution in [0.5, 0.6) is 11.5 Å². The summed E-state index contributed by atoms with van der Waals surface area (Å²) in [5.41, 5.74) is 1.40. The lowest BCUT2D eigenvalue weighted by molar-refractivity contribution is -0.351. The lowest BCUT2D eigenvalue weighted by Gasteiger charge is -2.48. The standard InChI is InChI=1S/C40H39N3O14/c1-19-12-20(2)14-23(13-19)31-29-22(10-11-42-29)16-43(31)57-35-39(55-33(34(47)40(35,52)18-44)38(51)56-37(50)30(41-3)36(48)49)54-25-8-9-26-28(15-25)53-17-27(32(26)46)21-4-6-24(45)7-5-21/h4-17,30,33-35,38-39,41-42,44-45,47,51-52H,18H2,1-3H3,(H,48,49). The first-order valence-electron chi connectivity index (χ1n) is 17.6. The number of esters is 1. The quantitative estimate of drug-likeness (QED) is 0.0501. The fourth-order valence-corrected chi connectivity index (χ4v) is 6.96. The lowest BCUT2D eigenvalue weighted by atomic mass is 9.84. The molecule has 0 radical (unpaired) electrons. The molecule has 17 nitrogen and oxygen atoms in total. The molecule has 0 saturated carbocycles. The number of rotatable bonds is 12. The summed E-state index contributed by atoms with van der Waals surface area (Å²) < 4.78 is 24.2. The third kappa shape index (κ3) is 7.30. The molecule has 1 aliphatic heterocycles. The number of phenolic OH excluding ortho intramolecular Hbond substituents is 1. The molecule has 298 valence electrons. The van der Waals surface area contributed by atoms with E-state index in [9.17, 15) is 45.0 Å². The number of hydrogen-bond acceptors (Lipinski definition) is 14. The highest BCUT2D eigenvalue weighted by Crippen LogP contribution is 2.37. The maximum absolute atomic E-state index is 13.5. The van der Waals surface area contributed by atoms with E-state index < -0.39 is 66.5 Å². The Kier molecular flexibility index (Phi) is 10.5. The van der Waals surface area contributed by atoms with Crippen molar-refractivity contribution in [1.29, 1.82) is 0 Å². The van der Waals surface area contributed by atoms with Gasteiger partial charge in [-0.1, -0.05) is 29.3 Å². The van der Waals surface area contributed by atoms with Crippen molar-refractivity contribution in [2.75, 3.05) is 13.7 Å². The third-order valence-electron chi connectivity index (χ3n) is 9.79. The molecule has 7 atom stereocenters. The predicted octanol–water partition coefficient (Wildman–Crippen LogP) is 1.95. The largest absolute Gasteiger partial charge is 0.508 e. The highest BCUT2D eigenvalue weighted by Gasteiger charge is 2.61. The Morgan fingerprint density at radius 1 is 1.04 bits per heavy atom.